The van der Waals surface area contributed by atoms with Crippen LogP contribution in [0.4, 0.5) is 5.69 Å². The number of carboxylic acid groups (broad SMARTS) is 1. The Morgan fingerprint density at radius 2 is 1.62 bits per heavy atom. The summed E-state index contributed by atoms with van der Waals surface area (Å²) in [6.45, 7) is 5.42. The quantitative estimate of drug-likeness (QED) is 0.103. The number of nitrogens with zero attached hydrogens (tertiary/aromatic N) is 1. The molecule has 0 aromatic heterocycles. The lowest BCUT2D eigenvalue weighted by Gasteiger charge is -2.38. The number of benzene rings is 3. The molecule has 1 atom stereocenters. The van der Waals surface area contributed by atoms with Crippen molar-refractivity contribution < 1.29 is 59.5 Å². The minimum atomic E-state index is -5.21. The summed E-state index contributed by atoms with van der Waals surface area (Å²) in [6, 6.07) is 7.50. The summed E-state index contributed by atoms with van der Waals surface area (Å²) in [5.41, 5.74) is -1.63. The number of hydrogen-bond acceptors (Lipinski definition) is 12. The molecule has 6 rings (SSSR count). The molecule has 1 saturated heterocycles. The Hall–Kier alpha value is -5.17. The monoisotopic (exact) mass is 727 g/mol. The van der Waals surface area contributed by atoms with Gasteiger partial charge in [0.25, 0.3) is 32.1 Å². The summed E-state index contributed by atoms with van der Waals surface area (Å²) in [5, 5.41) is 21.3. The van der Waals surface area contributed by atoms with Gasteiger partial charge in [0, 0.05) is 34.9 Å². The number of rotatable bonds is 7. The molecule has 0 spiro atoms. The molecule has 0 radical (unpaired) electrons. The van der Waals surface area contributed by atoms with Gasteiger partial charge in [-0.2, -0.15) is 16.8 Å². The average molecular weight is 728 g/mol. The highest BCUT2D eigenvalue weighted by Gasteiger charge is 2.38. The third kappa shape index (κ3) is 5.99. The van der Waals surface area contributed by atoms with Crippen LogP contribution in [0.25, 0.3) is 33.4 Å². The zero-order chi connectivity index (χ0) is 36.7. The maximum absolute atomic E-state index is 13.1. The van der Waals surface area contributed by atoms with Gasteiger partial charge in [-0.05, 0) is 67.1 Å². The molecule has 5 N–H and O–H groups in total. The number of hydrogen-bond donors (Lipinski definition) is 5. The molecule has 1 fully saturated rings. The molecular weight excluding hydrogens is 698 g/mol. The van der Waals surface area contributed by atoms with Gasteiger partial charge in [0.05, 0.1) is 23.0 Å². The minimum Gasteiger partial charge on any atom is -0.478 e. The van der Waals surface area contributed by atoms with E-state index >= 15 is 0 Å². The van der Waals surface area contributed by atoms with Crippen LogP contribution in [0.5, 0.6) is 0 Å². The normalized spacial score (nSPS) is 17.5. The van der Waals surface area contributed by atoms with E-state index in [0.717, 1.165) is 12.1 Å². The van der Waals surface area contributed by atoms with E-state index in [4.69, 9.17) is 14.7 Å². The predicted molar refractivity (Wildman–Crippen MR) is 172 cm³/mol. The molecule has 4 aliphatic rings. The lowest BCUT2D eigenvalue weighted by Crippen LogP contribution is -2.37. The van der Waals surface area contributed by atoms with Gasteiger partial charge in [0.2, 0.25) is 0 Å². The number of anilines is 1. The molecule has 1 unspecified atom stereocenters. The van der Waals surface area contributed by atoms with E-state index in [9.17, 15) is 50.2 Å². The van der Waals surface area contributed by atoms with Gasteiger partial charge >= 0.3 is 11.9 Å². The predicted octanol–water partition coefficient (Wildman–Crippen LogP) is 3.72. The summed E-state index contributed by atoms with van der Waals surface area (Å²) in [6.07, 6.45) is -0.334. The molecule has 1 aliphatic carbocycles. The molecule has 3 aliphatic heterocycles. The van der Waals surface area contributed by atoms with Crippen LogP contribution in [0, 0.1) is 5.41 Å². The second-order valence-electron chi connectivity index (χ2n) is 12.8. The number of carbonyl (C=O) groups excluding carboxylic acids is 3. The first-order chi connectivity index (χ1) is 23.2. The van der Waals surface area contributed by atoms with Gasteiger partial charge in [0.1, 0.15) is 0 Å². The molecule has 0 bridgehead atoms. The first-order valence-corrected chi connectivity index (χ1v) is 17.9. The number of carboxylic acids is 1. The smallest absolute Gasteiger partial charge is 0.337 e. The van der Waals surface area contributed by atoms with Crippen LogP contribution < -0.4 is 10.7 Å². The Morgan fingerprint density at radius 3 is 2.22 bits per heavy atom. The summed E-state index contributed by atoms with van der Waals surface area (Å²) in [5.74, 6) is -5.00. The molecule has 2 aromatic rings. The fraction of sp³-hybridized carbons (Fsp3) is 0.281. The lowest BCUT2D eigenvalue weighted by atomic mass is 9.80. The molecule has 262 valence electrons. The molecule has 16 nitrogen and oxygen atoms in total. The van der Waals surface area contributed by atoms with Crippen LogP contribution in [-0.2, 0) is 45.9 Å². The average Bonchev–Trinajstić information content (AvgIpc) is 3.29. The number of carbonyl (C=O) groups is 4. The van der Waals surface area contributed by atoms with Gasteiger partial charge in [-0.3, -0.25) is 24.1 Å². The zero-order valence-corrected chi connectivity index (χ0v) is 28.2. The maximum Gasteiger partial charge on any atom is 0.337 e. The van der Waals surface area contributed by atoms with E-state index in [1.807, 2.05) is 6.92 Å². The number of nitrogens with one attached hydrogen (secondary N) is 2. The third-order valence-electron chi connectivity index (χ3n) is 8.58. The summed E-state index contributed by atoms with van der Waals surface area (Å²) in [4.78, 5) is 52.3. The van der Waals surface area contributed by atoms with Crippen LogP contribution in [0.3, 0.4) is 0 Å². The molecule has 2 amide bonds. The Kier molecular flexibility index (Phi) is 8.13. The topological polar surface area (TPSA) is 259 Å². The number of aromatic carboxylic acids is 1. The van der Waals surface area contributed by atoms with Crippen LogP contribution in [-0.4, -0.2) is 65.4 Å². The highest BCUT2D eigenvalue weighted by Crippen LogP contribution is 2.50. The summed E-state index contributed by atoms with van der Waals surface area (Å²) < 4.78 is 78.1. The number of imide groups is 1. The SMILES string of the molecule is CC1CC(C)(C)Nc2c1cc1c(-c3ccc(CC(=O)ON4C(=O)CCC4=O)cc3C(=O)O)c3ccc(=N)c(S(=O)(=O)O)c-3oc1c2S(=O)(=O)O. The van der Waals surface area contributed by atoms with Crippen molar-refractivity contribution in [3.63, 3.8) is 0 Å². The van der Waals surface area contributed by atoms with Crippen LogP contribution in [0.2, 0.25) is 0 Å². The molecule has 0 saturated carbocycles. The van der Waals surface area contributed by atoms with Crippen molar-refractivity contribution in [1.82, 2.24) is 5.06 Å². The second kappa shape index (κ2) is 11.7. The molecule has 3 heterocycles. The van der Waals surface area contributed by atoms with Crippen molar-refractivity contribution >= 4 is 60.6 Å². The first-order valence-electron chi connectivity index (χ1n) is 15.0. The van der Waals surface area contributed by atoms with Crippen molar-refractivity contribution in [2.45, 2.75) is 67.7 Å². The van der Waals surface area contributed by atoms with Gasteiger partial charge in [-0.1, -0.05) is 19.1 Å². The molecular formula is C32H29N3O13S2. The standard InChI is InChI=1S/C32H29N3O13S2/c1-14-13-32(2,3)34-26-18(14)12-20-25(17-6-7-21(33)29(49(41,42)43)27(17)47-28(20)30(26)50(44,45)46)16-5-4-15(10-19(16)31(39)40)11-24(38)48-35-22(36)8-9-23(35)37/h4-7,10,12,14,33-34H,8-9,11,13H2,1-3H3,(H,39,40)(H,41,42,43)(H,44,45,46). The molecule has 2 aromatic carbocycles. The molecule has 18 heteroatoms. The van der Waals surface area contributed by atoms with Gasteiger partial charge in [0.15, 0.2) is 21.1 Å². The Balaban J connectivity index is 1.68. The largest absolute Gasteiger partial charge is 0.478 e. The first kappa shape index (κ1) is 34.7. The second-order valence-corrected chi connectivity index (χ2v) is 15.5. The van der Waals surface area contributed by atoms with Crippen LogP contribution in [0.1, 0.15) is 67.4 Å². The minimum absolute atomic E-state index is 0.0319. The fourth-order valence-corrected chi connectivity index (χ4v) is 8.23. The van der Waals surface area contributed by atoms with Crippen molar-refractivity contribution in [2.75, 3.05) is 5.32 Å². The van der Waals surface area contributed by atoms with E-state index in [2.05, 4.69) is 5.32 Å². The zero-order valence-electron chi connectivity index (χ0n) is 26.6. The van der Waals surface area contributed by atoms with E-state index in [1.54, 1.807) is 13.8 Å². The van der Waals surface area contributed by atoms with Crippen molar-refractivity contribution in [3.8, 4) is 22.5 Å². The van der Waals surface area contributed by atoms with E-state index < -0.39 is 88.0 Å². The highest BCUT2D eigenvalue weighted by molar-refractivity contribution is 7.86. The Morgan fingerprint density at radius 1 is 1.00 bits per heavy atom. The highest BCUT2D eigenvalue weighted by atomic mass is 32.2. The lowest BCUT2D eigenvalue weighted by molar-refractivity contribution is -0.197. The summed E-state index contributed by atoms with van der Waals surface area (Å²) in [7, 11) is -10.4. The van der Waals surface area contributed by atoms with Crippen molar-refractivity contribution in [2.24, 2.45) is 0 Å². The number of amides is 2. The van der Waals surface area contributed by atoms with Gasteiger partial charge in [-0.15, -0.1) is 5.06 Å². The van der Waals surface area contributed by atoms with Crippen LogP contribution in [0.15, 0.2) is 50.6 Å². The van der Waals surface area contributed by atoms with E-state index in [1.165, 1.54) is 24.3 Å². The number of hydroxylamine groups is 2. The maximum atomic E-state index is 13.1. The van der Waals surface area contributed by atoms with Crippen molar-refractivity contribution in [1.29, 1.82) is 5.41 Å². The van der Waals surface area contributed by atoms with Crippen LogP contribution >= 0.6 is 0 Å². The Bertz CT molecular complexity index is 2430. The number of fused-ring (bicyclic) bond motifs is 3. The molecule has 50 heavy (non-hydrogen) atoms. The third-order valence-corrected chi connectivity index (χ3v) is 10.4. The summed E-state index contributed by atoms with van der Waals surface area (Å²) >= 11 is 0. The van der Waals surface area contributed by atoms with E-state index in [-0.39, 0.29) is 52.1 Å². The Labute approximate surface area is 284 Å². The van der Waals surface area contributed by atoms with Crippen molar-refractivity contribution in [3.05, 3.63) is 58.4 Å². The fourth-order valence-electron chi connectivity index (χ4n) is 6.68. The van der Waals surface area contributed by atoms with Gasteiger partial charge < -0.3 is 19.7 Å². The van der Waals surface area contributed by atoms with Gasteiger partial charge in [-0.25, -0.2) is 9.59 Å². The van der Waals surface area contributed by atoms with E-state index in [0.29, 0.717) is 17.0 Å².